The highest BCUT2D eigenvalue weighted by atomic mass is 19.1. The van der Waals surface area contributed by atoms with Crippen molar-refractivity contribution in [3.05, 3.63) is 78.7 Å². The van der Waals surface area contributed by atoms with Crippen LogP contribution in [-0.2, 0) is 4.79 Å². The number of halogens is 1. The van der Waals surface area contributed by atoms with Crippen LogP contribution in [0.2, 0.25) is 0 Å². The summed E-state index contributed by atoms with van der Waals surface area (Å²) < 4.78 is 30.8. The quantitative estimate of drug-likeness (QED) is 0.278. The minimum atomic E-state index is -0.753. The minimum absolute atomic E-state index is 0.103. The van der Waals surface area contributed by atoms with Crippen LogP contribution in [0, 0.1) is 5.82 Å². The molecule has 35 heavy (non-hydrogen) atoms. The Morgan fingerprint density at radius 2 is 1.69 bits per heavy atom. The predicted molar refractivity (Wildman–Crippen MR) is 128 cm³/mol. The molecule has 1 heterocycles. The number of hydrogen-bond donors (Lipinski definition) is 2. The zero-order chi connectivity index (χ0) is 24.8. The second-order valence-corrected chi connectivity index (χ2v) is 7.12. The number of amides is 3. The van der Waals surface area contributed by atoms with Crippen LogP contribution in [0.5, 0.6) is 23.0 Å². The summed E-state index contributed by atoms with van der Waals surface area (Å²) >= 11 is 0. The van der Waals surface area contributed by atoms with Gasteiger partial charge in [0.1, 0.15) is 23.0 Å². The predicted octanol–water partition coefficient (Wildman–Crippen LogP) is 4.88. The number of nitrogens with zero attached hydrogens (tertiary/aromatic N) is 2. The standard InChI is InChI=1S/C25H21FN4O5/c1-33-23-13-18-20(14-24(23)34-2)27-12-11-22(18)35-17-9-7-16(8-10-17)29-25(32)30(28-15-31)21-6-4-3-5-19(21)26/h3-15H,1-2H3,(H,28,31)(H,29,32). The maximum Gasteiger partial charge on any atom is 0.345 e. The number of rotatable bonds is 8. The lowest BCUT2D eigenvalue weighted by molar-refractivity contribution is -0.109. The van der Waals surface area contributed by atoms with Crippen molar-refractivity contribution in [3.63, 3.8) is 0 Å². The molecule has 4 rings (SSSR count). The molecular weight excluding hydrogens is 455 g/mol. The lowest BCUT2D eigenvalue weighted by Gasteiger charge is -2.22. The number of pyridine rings is 1. The summed E-state index contributed by atoms with van der Waals surface area (Å²) in [6.07, 6.45) is 1.90. The Morgan fingerprint density at radius 1 is 0.971 bits per heavy atom. The summed E-state index contributed by atoms with van der Waals surface area (Å²) in [5.74, 6) is 1.48. The van der Waals surface area contributed by atoms with Crippen molar-refractivity contribution in [2.24, 2.45) is 0 Å². The van der Waals surface area contributed by atoms with Gasteiger partial charge in [0.15, 0.2) is 11.5 Å². The molecule has 10 heteroatoms. The third-order valence-corrected chi connectivity index (χ3v) is 5.02. The molecule has 178 valence electrons. The van der Waals surface area contributed by atoms with Gasteiger partial charge >= 0.3 is 6.03 Å². The summed E-state index contributed by atoms with van der Waals surface area (Å²) in [7, 11) is 3.10. The Balaban J connectivity index is 1.52. The minimum Gasteiger partial charge on any atom is -0.493 e. The smallest absolute Gasteiger partial charge is 0.345 e. The van der Waals surface area contributed by atoms with E-state index in [1.807, 2.05) is 0 Å². The molecule has 2 N–H and O–H groups in total. The number of nitrogens with one attached hydrogen (secondary N) is 2. The van der Waals surface area contributed by atoms with E-state index in [1.54, 1.807) is 68.9 Å². The average Bonchev–Trinajstić information content (AvgIpc) is 2.88. The van der Waals surface area contributed by atoms with Gasteiger partial charge in [0, 0.05) is 23.3 Å². The topological polar surface area (TPSA) is 102 Å². The number of ether oxygens (including phenoxy) is 3. The molecule has 3 amide bonds. The number of aromatic nitrogens is 1. The van der Waals surface area contributed by atoms with Gasteiger partial charge in [-0.05, 0) is 48.5 Å². The lowest BCUT2D eigenvalue weighted by atomic mass is 10.2. The van der Waals surface area contributed by atoms with Gasteiger partial charge in [-0.2, -0.15) is 5.01 Å². The SMILES string of the molecule is COc1cc2nccc(Oc3ccc(NC(=O)N(NC=O)c4ccccc4F)cc3)c2cc1OC. The van der Waals surface area contributed by atoms with E-state index in [-0.39, 0.29) is 12.1 Å². The number of hydrazine groups is 1. The number of benzene rings is 3. The molecule has 0 aliphatic carbocycles. The molecule has 0 atom stereocenters. The number of methoxy groups -OCH3 is 2. The largest absolute Gasteiger partial charge is 0.493 e. The van der Waals surface area contributed by atoms with E-state index in [9.17, 15) is 14.0 Å². The van der Waals surface area contributed by atoms with E-state index < -0.39 is 11.8 Å². The van der Waals surface area contributed by atoms with Gasteiger partial charge in [-0.15, -0.1) is 0 Å². The molecule has 3 aromatic carbocycles. The average molecular weight is 476 g/mol. The third-order valence-electron chi connectivity index (χ3n) is 5.02. The number of fused-ring (bicyclic) bond motifs is 1. The second-order valence-electron chi connectivity index (χ2n) is 7.12. The molecule has 0 bridgehead atoms. The fourth-order valence-electron chi connectivity index (χ4n) is 3.37. The van der Waals surface area contributed by atoms with Crippen LogP contribution in [0.3, 0.4) is 0 Å². The molecule has 0 unspecified atom stereocenters. The fraction of sp³-hybridized carbons (Fsp3) is 0.0800. The van der Waals surface area contributed by atoms with Crippen LogP contribution >= 0.6 is 0 Å². The summed E-state index contributed by atoms with van der Waals surface area (Å²) in [4.78, 5) is 28.0. The lowest BCUT2D eigenvalue weighted by Crippen LogP contribution is -2.45. The fourth-order valence-corrected chi connectivity index (χ4v) is 3.37. The Hall–Kier alpha value is -4.86. The third kappa shape index (κ3) is 5.06. The number of hydrogen-bond acceptors (Lipinski definition) is 6. The van der Waals surface area contributed by atoms with E-state index in [0.717, 1.165) is 10.4 Å². The van der Waals surface area contributed by atoms with Crippen molar-refractivity contribution in [2.75, 3.05) is 24.5 Å². The molecular formula is C25H21FN4O5. The molecule has 0 saturated heterocycles. The van der Waals surface area contributed by atoms with Crippen LogP contribution in [-0.4, -0.2) is 31.6 Å². The Bertz CT molecular complexity index is 1360. The van der Waals surface area contributed by atoms with Crippen LogP contribution < -0.4 is 30.0 Å². The summed E-state index contributed by atoms with van der Waals surface area (Å²) in [5.41, 5.74) is 3.16. The summed E-state index contributed by atoms with van der Waals surface area (Å²) in [6, 6.07) is 16.6. The number of anilines is 2. The monoisotopic (exact) mass is 476 g/mol. The summed E-state index contributed by atoms with van der Waals surface area (Å²) in [5, 5.41) is 4.10. The molecule has 0 spiro atoms. The first-order chi connectivity index (χ1) is 17.0. The van der Waals surface area contributed by atoms with E-state index in [4.69, 9.17) is 14.2 Å². The van der Waals surface area contributed by atoms with Gasteiger partial charge in [0.2, 0.25) is 6.41 Å². The van der Waals surface area contributed by atoms with E-state index in [2.05, 4.69) is 15.7 Å². The first kappa shape index (κ1) is 23.3. The van der Waals surface area contributed by atoms with Gasteiger partial charge in [-0.25, -0.2) is 9.18 Å². The van der Waals surface area contributed by atoms with Gasteiger partial charge in [0.25, 0.3) is 0 Å². The van der Waals surface area contributed by atoms with Crippen molar-refractivity contribution >= 4 is 34.7 Å². The molecule has 0 fully saturated rings. The van der Waals surface area contributed by atoms with Gasteiger partial charge in [0.05, 0.1) is 19.7 Å². The van der Waals surface area contributed by atoms with Gasteiger partial charge < -0.3 is 19.5 Å². The van der Waals surface area contributed by atoms with E-state index in [0.29, 0.717) is 34.2 Å². The number of carbonyl (C=O) groups is 2. The molecule has 0 radical (unpaired) electrons. The van der Waals surface area contributed by atoms with Crippen LogP contribution in [0.15, 0.2) is 72.9 Å². The van der Waals surface area contributed by atoms with E-state index in [1.165, 1.54) is 18.2 Å². The number of para-hydroxylation sites is 1. The van der Waals surface area contributed by atoms with Crippen molar-refractivity contribution in [1.82, 2.24) is 10.4 Å². The van der Waals surface area contributed by atoms with Crippen LogP contribution in [0.25, 0.3) is 10.9 Å². The zero-order valence-electron chi connectivity index (χ0n) is 18.8. The first-order valence-corrected chi connectivity index (χ1v) is 10.4. The van der Waals surface area contributed by atoms with Gasteiger partial charge in [-0.1, -0.05) is 12.1 Å². The first-order valence-electron chi connectivity index (χ1n) is 10.4. The van der Waals surface area contributed by atoms with Crippen molar-refractivity contribution in [3.8, 4) is 23.0 Å². The highest BCUT2D eigenvalue weighted by Crippen LogP contribution is 2.37. The molecule has 4 aromatic rings. The van der Waals surface area contributed by atoms with Crippen molar-refractivity contribution < 1.29 is 28.2 Å². The highest BCUT2D eigenvalue weighted by molar-refractivity contribution is 6.02. The maximum absolute atomic E-state index is 14.1. The number of urea groups is 1. The van der Waals surface area contributed by atoms with Crippen LogP contribution in [0.4, 0.5) is 20.6 Å². The van der Waals surface area contributed by atoms with Gasteiger partial charge in [-0.3, -0.25) is 15.2 Å². The molecule has 9 nitrogen and oxygen atoms in total. The molecule has 0 aliphatic rings. The number of carbonyl (C=O) groups excluding carboxylic acids is 2. The Morgan fingerprint density at radius 3 is 2.37 bits per heavy atom. The molecule has 0 saturated carbocycles. The Kier molecular flexibility index (Phi) is 6.91. The van der Waals surface area contributed by atoms with Crippen LogP contribution in [0.1, 0.15) is 0 Å². The maximum atomic E-state index is 14.1. The second kappa shape index (κ2) is 10.4. The van der Waals surface area contributed by atoms with Crippen molar-refractivity contribution in [1.29, 1.82) is 0 Å². The molecule has 1 aromatic heterocycles. The Labute approximate surface area is 200 Å². The molecule has 0 aliphatic heterocycles. The van der Waals surface area contributed by atoms with Crippen molar-refractivity contribution in [2.45, 2.75) is 0 Å². The summed E-state index contributed by atoms with van der Waals surface area (Å²) in [6.45, 7) is 0. The highest BCUT2D eigenvalue weighted by Gasteiger charge is 2.19. The normalized spacial score (nSPS) is 10.4. The van der Waals surface area contributed by atoms with E-state index >= 15 is 0 Å². The zero-order valence-corrected chi connectivity index (χ0v) is 18.8.